The van der Waals surface area contributed by atoms with Crippen molar-refractivity contribution in [2.24, 2.45) is 12.0 Å². The van der Waals surface area contributed by atoms with Crippen LogP contribution in [0.25, 0.3) is 0 Å². The summed E-state index contributed by atoms with van der Waals surface area (Å²) < 4.78 is 1.83. The maximum absolute atomic E-state index is 6.98. The van der Waals surface area contributed by atoms with Gasteiger partial charge in [0.05, 0.1) is 0 Å². The maximum atomic E-state index is 6.98. The zero-order chi connectivity index (χ0) is 7.56. The number of nitrogens with zero attached hydrogens (tertiary/aromatic N) is 2. The molecule has 52 valence electrons. The molecule has 0 aliphatic rings. The third kappa shape index (κ3) is 0.857. The Kier molecular flexibility index (Phi) is 1.67. The molecule has 0 bridgehead atoms. The Bertz CT molecular complexity index is 260. The second-order valence-electron chi connectivity index (χ2n) is 2.01. The Labute approximate surface area is 59.5 Å². The summed E-state index contributed by atoms with van der Waals surface area (Å²) in [5, 5.41) is 6.98. The van der Waals surface area contributed by atoms with Crippen molar-refractivity contribution in [1.82, 2.24) is 4.57 Å². The Morgan fingerprint density at radius 1 is 1.80 bits per heavy atom. The van der Waals surface area contributed by atoms with Gasteiger partial charge in [-0.3, -0.25) is 0 Å². The molecule has 0 saturated heterocycles. The van der Waals surface area contributed by atoms with Crippen LogP contribution in [0.1, 0.15) is 5.56 Å². The van der Waals surface area contributed by atoms with Crippen LogP contribution < -0.4 is 0 Å². The fourth-order valence-electron chi connectivity index (χ4n) is 0.856. The first-order valence-corrected chi connectivity index (χ1v) is 2.92. The lowest BCUT2D eigenvalue weighted by atomic mass is 10.3. The molecule has 1 aromatic heterocycles. The molecule has 1 N–H and O–H groups in total. The zero-order valence-electron chi connectivity index (χ0n) is 5.83. The molecule has 0 spiro atoms. The van der Waals surface area contributed by atoms with Crippen molar-refractivity contribution in [3.63, 3.8) is 0 Å². The van der Waals surface area contributed by atoms with E-state index in [2.05, 4.69) is 11.7 Å². The summed E-state index contributed by atoms with van der Waals surface area (Å²) in [4.78, 5) is 3.76. The van der Waals surface area contributed by atoms with Gasteiger partial charge >= 0.3 is 0 Å². The molecule has 0 atom stereocenters. The minimum Gasteiger partial charge on any atom is -0.336 e. The molecule has 0 fully saturated rings. The summed E-state index contributed by atoms with van der Waals surface area (Å²) in [6.45, 7) is 3.40. The first-order chi connectivity index (χ1) is 4.79. The predicted octanol–water partition coefficient (Wildman–Crippen LogP) is 1.35. The second-order valence-corrected chi connectivity index (χ2v) is 2.01. The lowest BCUT2D eigenvalue weighted by Gasteiger charge is -1.94. The number of hydrogen-bond donors (Lipinski definition) is 1. The van der Waals surface area contributed by atoms with Crippen molar-refractivity contribution >= 4 is 18.7 Å². The maximum Gasteiger partial charge on any atom is 0.140 e. The van der Waals surface area contributed by atoms with Gasteiger partial charge in [-0.05, 0) is 12.8 Å². The van der Waals surface area contributed by atoms with Gasteiger partial charge in [-0.15, -0.1) is 0 Å². The minimum atomic E-state index is 0.745. The molecule has 3 nitrogen and oxygen atoms in total. The van der Waals surface area contributed by atoms with Crippen LogP contribution in [0.3, 0.4) is 0 Å². The lowest BCUT2D eigenvalue weighted by molar-refractivity contribution is 0.927. The summed E-state index contributed by atoms with van der Waals surface area (Å²) in [5.41, 5.74) is 0.803. The fourth-order valence-corrected chi connectivity index (χ4v) is 0.856. The highest BCUT2D eigenvalue weighted by atomic mass is 15.0. The molecular weight excluding hydrogens is 126 g/mol. The predicted molar refractivity (Wildman–Crippen MR) is 42.5 cm³/mol. The van der Waals surface area contributed by atoms with Crippen LogP contribution in [-0.4, -0.2) is 17.5 Å². The van der Waals surface area contributed by atoms with Crippen molar-refractivity contribution in [2.75, 3.05) is 0 Å². The first kappa shape index (κ1) is 6.74. The average molecular weight is 135 g/mol. The molecule has 0 saturated carbocycles. The van der Waals surface area contributed by atoms with E-state index in [1.54, 1.807) is 0 Å². The van der Waals surface area contributed by atoms with Crippen molar-refractivity contribution in [1.29, 1.82) is 5.41 Å². The quantitative estimate of drug-likeness (QED) is 0.595. The fraction of sp³-hybridized carbons (Fsp3) is 0.143. The molecule has 10 heavy (non-hydrogen) atoms. The molecule has 3 heteroatoms. The number of rotatable bonds is 2. The number of aryl methyl sites for hydroxylation is 1. The molecular formula is C7H9N3. The van der Waals surface area contributed by atoms with E-state index < -0.39 is 0 Å². The highest BCUT2D eigenvalue weighted by molar-refractivity contribution is 5.84. The first-order valence-electron chi connectivity index (χ1n) is 2.92. The number of nitrogens with one attached hydrogen (secondary N) is 1. The minimum absolute atomic E-state index is 0.745. The SMILES string of the molecule is C=Nc1c(C=N)ccn1C. The van der Waals surface area contributed by atoms with Crippen LogP contribution in [0.15, 0.2) is 17.3 Å². The van der Waals surface area contributed by atoms with Crippen LogP contribution in [0.4, 0.5) is 5.82 Å². The van der Waals surface area contributed by atoms with Crippen LogP contribution in [0.2, 0.25) is 0 Å². The summed E-state index contributed by atoms with van der Waals surface area (Å²) in [6, 6.07) is 1.83. The van der Waals surface area contributed by atoms with Gasteiger partial charge in [-0.25, -0.2) is 4.99 Å². The summed E-state index contributed by atoms with van der Waals surface area (Å²) >= 11 is 0. The largest absolute Gasteiger partial charge is 0.336 e. The van der Waals surface area contributed by atoms with Gasteiger partial charge in [-0.2, -0.15) is 0 Å². The molecule has 0 aromatic carbocycles. The third-order valence-corrected chi connectivity index (χ3v) is 1.38. The van der Waals surface area contributed by atoms with Crippen LogP contribution >= 0.6 is 0 Å². The Hall–Kier alpha value is -1.38. The standard InChI is InChI=1S/C7H9N3/c1-9-7-6(5-8)3-4-10(7)2/h3-5,8H,1H2,2H3. The van der Waals surface area contributed by atoms with Crippen LogP contribution in [0, 0.1) is 5.41 Å². The molecule has 0 aliphatic carbocycles. The summed E-state index contributed by atoms with van der Waals surface area (Å²) in [6.07, 6.45) is 3.12. The number of hydrogen-bond acceptors (Lipinski definition) is 2. The second kappa shape index (κ2) is 2.47. The lowest BCUT2D eigenvalue weighted by Crippen LogP contribution is -1.83. The van der Waals surface area contributed by atoms with Gasteiger partial charge < -0.3 is 9.98 Å². The third-order valence-electron chi connectivity index (χ3n) is 1.38. The topological polar surface area (TPSA) is 41.1 Å². The number of aromatic nitrogens is 1. The molecule has 1 rings (SSSR count). The van der Waals surface area contributed by atoms with Gasteiger partial charge in [0.25, 0.3) is 0 Å². The summed E-state index contributed by atoms with van der Waals surface area (Å²) in [5.74, 6) is 0.745. The Balaban J connectivity index is 3.25. The van der Waals surface area contributed by atoms with Crippen LogP contribution in [-0.2, 0) is 7.05 Å². The highest BCUT2D eigenvalue weighted by Crippen LogP contribution is 2.15. The van der Waals surface area contributed by atoms with Gasteiger partial charge in [0.1, 0.15) is 5.82 Å². The van der Waals surface area contributed by atoms with E-state index in [0.717, 1.165) is 11.4 Å². The van der Waals surface area contributed by atoms with E-state index >= 15 is 0 Å². The molecule has 0 unspecified atom stereocenters. The monoisotopic (exact) mass is 135 g/mol. The molecule has 0 aliphatic heterocycles. The van der Waals surface area contributed by atoms with Crippen LogP contribution in [0.5, 0.6) is 0 Å². The van der Waals surface area contributed by atoms with E-state index in [9.17, 15) is 0 Å². The summed E-state index contributed by atoms with van der Waals surface area (Å²) in [7, 11) is 1.87. The molecule has 0 amide bonds. The Morgan fingerprint density at radius 3 is 2.90 bits per heavy atom. The van der Waals surface area contributed by atoms with Gasteiger partial charge in [0, 0.05) is 25.0 Å². The highest BCUT2D eigenvalue weighted by Gasteiger charge is 1.99. The zero-order valence-corrected chi connectivity index (χ0v) is 5.83. The van der Waals surface area contributed by atoms with Gasteiger partial charge in [-0.1, -0.05) is 0 Å². The Morgan fingerprint density at radius 2 is 2.50 bits per heavy atom. The normalized spacial score (nSPS) is 9.30. The van der Waals surface area contributed by atoms with E-state index in [-0.39, 0.29) is 0 Å². The van der Waals surface area contributed by atoms with Crippen molar-refractivity contribution < 1.29 is 0 Å². The smallest absolute Gasteiger partial charge is 0.140 e. The van der Waals surface area contributed by atoms with E-state index in [1.165, 1.54) is 6.21 Å². The van der Waals surface area contributed by atoms with Gasteiger partial charge in [0.15, 0.2) is 0 Å². The molecule has 1 aromatic rings. The van der Waals surface area contributed by atoms with E-state index in [0.29, 0.717) is 0 Å². The van der Waals surface area contributed by atoms with Gasteiger partial charge in [0.2, 0.25) is 0 Å². The van der Waals surface area contributed by atoms with E-state index in [4.69, 9.17) is 5.41 Å². The number of aliphatic imine (C=N–C) groups is 1. The van der Waals surface area contributed by atoms with Crippen molar-refractivity contribution in [3.05, 3.63) is 17.8 Å². The van der Waals surface area contributed by atoms with Crippen molar-refractivity contribution in [2.45, 2.75) is 0 Å². The molecule has 1 heterocycles. The van der Waals surface area contributed by atoms with E-state index in [1.807, 2.05) is 23.9 Å². The average Bonchev–Trinajstić information content (AvgIpc) is 2.30. The van der Waals surface area contributed by atoms with Crippen molar-refractivity contribution in [3.8, 4) is 0 Å². The molecule has 0 radical (unpaired) electrons.